The molecule has 0 nitrogen and oxygen atoms in total. The summed E-state index contributed by atoms with van der Waals surface area (Å²) in [5.74, 6) is 3.11. The molecular weight excluding hydrogens is 108 g/mol. The maximum Gasteiger partial charge on any atom is -0.0189 e. The second-order valence-electron chi connectivity index (χ2n) is 4.30. The van der Waals surface area contributed by atoms with Gasteiger partial charge in [-0.3, -0.25) is 0 Å². The molecule has 0 aliphatic heterocycles. The first kappa shape index (κ1) is 4.54. The van der Waals surface area contributed by atoms with Gasteiger partial charge in [-0.2, -0.15) is 0 Å². The first-order valence-electron chi connectivity index (χ1n) is 3.98. The molecule has 0 heterocycles. The van der Waals surface area contributed by atoms with Crippen LogP contribution >= 0.6 is 0 Å². The van der Waals surface area contributed by atoms with Gasteiger partial charge in [-0.25, -0.2) is 0 Å². The second-order valence-corrected chi connectivity index (χ2v) is 4.30. The van der Waals surface area contributed by atoms with Gasteiger partial charge in [-0.05, 0) is 36.0 Å². The van der Waals surface area contributed by atoms with Crippen molar-refractivity contribution in [2.45, 2.75) is 19.8 Å². The molecule has 3 aliphatic carbocycles. The lowest BCUT2D eigenvalue weighted by Crippen LogP contribution is -2.55. The Bertz CT molecular complexity index is 174. The van der Waals surface area contributed by atoms with Crippen molar-refractivity contribution in [2.75, 3.05) is 0 Å². The first-order chi connectivity index (χ1) is 4.30. The van der Waals surface area contributed by atoms with Crippen LogP contribution in [0.3, 0.4) is 0 Å². The third-order valence-electron chi connectivity index (χ3n) is 3.74. The van der Waals surface area contributed by atoms with Crippen LogP contribution in [0.15, 0.2) is 12.2 Å². The number of rotatable bonds is 0. The first-order valence-corrected chi connectivity index (χ1v) is 3.98. The van der Waals surface area contributed by atoms with Gasteiger partial charge in [0.15, 0.2) is 0 Å². The van der Waals surface area contributed by atoms with E-state index in [-0.39, 0.29) is 0 Å². The van der Waals surface area contributed by atoms with Crippen LogP contribution in [0, 0.1) is 23.2 Å². The fraction of sp³-hybridized carbons (Fsp3) is 0.778. The van der Waals surface area contributed by atoms with Gasteiger partial charge in [-0.15, -0.1) is 0 Å². The number of hydrogen-bond donors (Lipinski definition) is 0. The topological polar surface area (TPSA) is 0 Å². The van der Waals surface area contributed by atoms with E-state index in [1.807, 2.05) is 0 Å². The molecule has 3 rings (SSSR count). The lowest BCUT2D eigenvalue weighted by molar-refractivity contribution is -0.122. The second kappa shape index (κ2) is 1.00. The Morgan fingerprint density at radius 1 is 1.22 bits per heavy atom. The van der Waals surface area contributed by atoms with Crippen LogP contribution in [-0.2, 0) is 0 Å². The van der Waals surface area contributed by atoms with Crippen molar-refractivity contribution in [1.29, 1.82) is 0 Å². The minimum atomic E-state index is 0.804. The molecular formula is C9H12. The predicted octanol–water partition coefficient (Wildman–Crippen LogP) is 2.22. The standard InChI is InChI=1S/C9H12/c1-9-4-6-2-3-7(5-9)8(6)9/h2-3,6-8H,4-5H2,1H3. The van der Waals surface area contributed by atoms with Crippen LogP contribution in [0.4, 0.5) is 0 Å². The van der Waals surface area contributed by atoms with Crippen molar-refractivity contribution in [2.24, 2.45) is 23.2 Å². The monoisotopic (exact) mass is 120 g/mol. The Morgan fingerprint density at radius 2 is 1.78 bits per heavy atom. The Kier molecular flexibility index (Phi) is 0.505. The van der Waals surface area contributed by atoms with Crippen molar-refractivity contribution < 1.29 is 0 Å². The third kappa shape index (κ3) is 0.309. The van der Waals surface area contributed by atoms with E-state index in [1.165, 1.54) is 12.8 Å². The molecule has 2 fully saturated rings. The van der Waals surface area contributed by atoms with Gasteiger partial charge in [-0.1, -0.05) is 19.1 Å². The highest BCUT2D eigenvalue weighted by atomic mass is 14.7. The molecule has 0 spiro atoms. The molecule has 3 aliphatic rings. The van der Waals surface area contributed by atoms with Crippen molar-refractivity contribution >= 4 is 0 Å². The molecule has 48 valence electrons. The van der Waals surface area contributed by atoms with E-state index in [1.54, 1.807) is 0 Å². The summed E-state index contributed by atoms with van der Waals surface area (Å²) in [6, 6.07) is 0. The Balaban J connectivity index is 2.03. The highest BCUT2D eigenvalue weighted by Gasteiger charge is 2.62. The summed E-state index contributed by atoms with van der Waals surface area (Å²) >= 11 is 0. The maximum absolute atomic E-state index is 2.46. The van der Waals surface area contributed by atoms with Crippen LogP contribution in [0.2, 0.25) is 0 Å². The quantitative estimate of drug-likeness (QED) is 0.430. The van der Waals surface area contributed by atoms with Gasteiger partial charge in [0.25, 0.3) is 0 Å². The Hall–Kier alpha value is -0.260. The van der Waals surface area contributed by atoms with Gasteiger partial charge in [0.2, 0.25) is 0 Å². The summed E-state index contributed by atoms with van der Waals surface area (Å²) in [5.41, 5.74) is 0.804. The zero-order valence-corrected chi connectivity index (χ0v) is 5.80. The normalized spacial score (nSPS) is 66.6. The molecule has 2 saturated carbocycles. The zero-order chi connectivity index (χ0) is 6.06. The summed E-state index contributed by atoms with van der Waals surface area (Å²) in [6.07, 6.45) is 7.88. The highest BCUT2D eigenvalue weighted by molar-refractivity contribution is 5.25. The molecule has 0 amide bonds. The highest BCUT2D eigenvalue weighted by Crippen LogP contribution is 2.70. The van der Waals surface area contributed by atoms with E-state index in [4.69, 9.17) is 0 Å². The summed E-state index contributed by atoms with van der Waals surface area (Å²) in [6.45, 7) is 2.46. The van der Waals surface area contributed by atoms with E-state index in [2.05, 4.69) is 19.1 Å². The van der Waals surface area contributed by atoms with E-state index in [9.17, 15) is 0 Å². The minimum absolute atomic E-state index is 0.804. The Morgan fingerprint density at radius 3 is 2.11 bits per heavy atom. The molecule has 0 radical (unpaired) electrons. The largest absolute Gasteiger partial charge is 0.0848 e. The van der Waals surface area contributed by atoms with E-state index < -0.39 is 0 Å². The van der Waals surface area contributed by atoms with Gasteiger partial charge >= 0.3 is 0 Å². The van der Waals surface area contributed by atoms with Gasteiger partial charge in [0.1, 0.15) is 0 Å². The predicted molar refractivity (Wildman–Crippen MR) is 37.0 cm³/mol. The number of hydrogen-bond acceptors (Lipinski definition) is 0. The molecule has 2 unspecified atom stereocenters. The van der Waals surface area contributed by atoms with E-state index >= 15 is 0 Å². The lowest BCUT2D eigenvalue weighted by Gasteiger charge is -2.62. The molecule has 0 aromatic rings. The molecule has 0 aromatic heterocycles. The van der Waals surface area contributed by atoms with E-state index in [0.29, 0.717) is 0 Å². The average Bonchev–Trinajstić information content (AvgIpc) is 1.90. The molecule has 2 atom stereocenters. The van der Waals surface area contributed by atoms with Crippen molar-refractivity contribution in [3.8, 4) is 0 Å². The number of allylic oxidation sites excluding steroid dienone is 2. The lowest BCUT2D eigenvalue weighted by atomic mass is 9.42. The smallest absolute Gasteiger partial charge is 0.0189 e. The van der Waals surface area contributed by atoms with Crippen LogP contribution in [-0.4, -0.2) is 0 Å². The van der Waals surface area contributed by atoms with Crippen LogP contribution in [0.25, 0.3) is 0 Å². The van der Waals surface area contributed by atoms with E-state index in [0.717, 1.165) is 23.2 Å². The summed E-state index contributed by atoms with van der Waals surface area (Å²) in [4.78, 5) is 0. The molecule has 0 heteroatoms. The van der Waals surface area contributed by atoms with Gasteiger partial charge < -0.3 is 0 Å². The van der Waals surface area contributed by atoms with Gasteiger partial charge in [0, 0.05) is 0 Å². The molecule has 9 heavy (non-hydrogen) atoms. The fourth-order valence-electron chi connectivity index (χ4n) is 3.38. The SMILES string of the molecule is CC12CC3C=CC(C1)C32. The van der Waals surface area contributed by atoms with Crippen molar-refractivity contribution in [1.82, 2.24) is 0 Å². The maximum atomic E-state index is 2.46. The van der Waals surface area contributed by atoms with Crippen LogP contribution in [0.1, 0.15) is 19.8 Å². The van der Waals surface area contributed by atoms with Crippen LogP contribution in [0.5, 0.6) is 0 Å². The van der Waals surface area contributed by atoms with Gasteiger partial charge in [0.05, 0.1) is 0 Å². The van der Waals surface area contributed by atoms with Crippen LogP contribution < -0.4 is 0 Å². The van der Waals surface area contributed by atoms with Crippen molar-refractivity contribution in [3.63, 3.8) is 0 Å². The summed E-state index contributed by atoms with van der Waals surface area (Å²) in [5, 5.41) is 0. The zero-order valence-electron chi connectivity index (χ0n) is 5.80. The summed E-state index contributed by atoms with van der Waals surface area (Å²) in [7, 11) is 0. The third-order valence-corrected chi connectivity index (χ3v) is 3.74. The molecule has 0 bridgehead atoms. The summed E-state index contributed by atoms with van der Waals surface area (Å²) < 4.78 is 0. The average molecular weight is 120 g/mol. The molecule has 0 saturated heterocycles. The molecule has 0 aromatic carbocycles. The minimum Gasteiger partial charge on any atom is -0.0848 e. The van der Waals surface area contributed by atoms with Crippen molar-refractivity contribution in [3.05, 3.63) is 12.2 Å². The molecule has 0 N–H and O–H groups in total. The Labute approximate surface area is 56.0 Å². The fourth-order valence-corrected chi connectivity index (χ4v) is 3.38.